The van der Waals surface area contributed by atoms with Gasteiger partial charge in [-0.3, -0.25) is 0 Å². The monoisotopic (exact) mass is 434 g/mol. The first kappa shape index (κ1) is 21.7. The zero-order valence-corrected chi connectivity index (χ0v) is 16.2. The highest BCUT2D eigenvalue weighted by Gasteiger charge is 2.28. The number of carbonyl (C=O) groups excluding carboxylic acids is 1. The SMILES string of the molecule is Cc1ccccc1Nc1nc(N)nc(COC(=O)c2ccc(OCC(F)(F)F)nc2)n1. The van der Waals surface area contributed by atoms with E-state index in [1.807, 2.05) is 31.2 Å². The van der Waals surface area contributed by atoms with Gasteiger partial charge in [0.05, 0.1) is 5.56 Å². The lowest BCUT2D eigenvalue weighted by molar-refractivity contribution is -0.154. The van der Waals surface area contributed by atoms with E-state index in [1.165, 1.54) is 6.07 Å². The second kappa shape index (κ2) is 9.24. The summed E-state index contributed by atoms with van der Waals surface area (Å²) >= 11 is 0. The summed E-state index contributed by atoms with van der Waals surface area (Å²) in [7, 11) is 0. The van der Waals surface area contributed by atoms with Crippen molar-refractivity contribution in [3.63, 3.8) is 0 Å². The van der Waals surface area contributed by atoms with E-state index in [0.29, 0.717) is 0 Å². The summed E-state index contributed by atoms with van der Waals surface area (Å²) in [5.74, 6) is -0.825. The molecule has 3 N–H and O–H groups in total. The van der Waals surface area contributed by atoms with Crippen LogP contribution in [0.25, 0.3) is 0 Å². The normalized spacial score (nSPS) is 11.1. The maximum atomic E-state index is 12.2. The van der Waals surface area contributed by atoms with E-state index in [1.54, 1.807) is 0 Å². The van der Waals surface area contributed by atoms with Crippen molar-refractivity contribution in [1.82, 2.24) is 19.9 Å². The van der Waals surface area contributed by atoms with Gasteiger partial charge in [-0.05, 0) is 24.6 Å². The number of hydrogen-bond acceptors (Lipinski definition) is 9. The van der Waals surface area contributed by atoms with Crippen molar-refractivity contribution in [2.45, 2.75) is 19.7 Å². The van der Waals surface area contributed by atoms with Gasteiger partial charge in [0.15, 0.2) is 19.0 Å². The number of nitrogens with one attached hydrogen (secondary N) is 1. The quantitative estimate of drug-likeness (QED) is 0.539. The van der Waals surface area contributed by atoms with Crippen LogP contribution in [0.1, 0.15) is 21.7 Å². The smallest absolute Gasteiger partial charge is 0.422 e. The summed E-state index contributed by atoms with van der Waals surface area (Å²) in [5, 5.41) is 3.01. The Balaban J connectivity index is 1.61. The maximum absolute atomic E-state index is 12.2. The topological polar surface area (TPSA) is 125 Å². The first-order valence-electron chi connectivity index (χ1n) is 8.85. The standard InChI is InChI=1S/C19H17F3N6O3/c1-11-4-2-3-5-13(11)25-18-27-14(26-17(23)28-18)9-30-16(29)12-6-7-15(24-8-12)31-10-19(20,21)22/h2-8H,9-10H2,1H3,(H3,23,25,26,27,28). The van der Waals surface area contributed by atoms with Gasteiger partial charge in [-0.15, -0.1) is 0 Å². The highest BCUT2D eigenvalue weighted by molar-refractivity contribution is 5.89. The molecule has 9 nitrogen and oxygen atoms in total. The number of ether oxygens (including phenoxy) is 2. The molecular weight excluding hydrogens is 417 g/mol. The van der Waals surface area contributed by atoms with Gasteiger partial charge in [-0.1, -0.05) is 18.2 Å². The molecule has 0 amide bonds. The van der Waals surface area contributed by atoms with E-state index < -0.39 is 18.8 Å². The lowest BCUT2D eigenvalue weighted by Gasteiger charge is -2.10. The number of halogens is 3. The molecule has 0 radical (unpaired) electrons. The molecule has 2 aromatic heterocycles. The molecule has 3 rings (SSSR count). The lowest BCUT2D eigenvalue weighted by Crippen LogP contribution is -2.19. The molecule has 0 fully saturated rings. The minimum absolute atomic E-state index is 0.0136. The maximum Gasteiger partial charge on any atom is 0.422 e. The van der Waals surface area contributed by atoms with Crippen LogP contribution in [0.15, 0.2) is 42.6 Å². The van der Waals surface area contributed by atoms with E-state index in [0.717, 1.165) is 23.5 Å². The van der Waals surface area contributed by atoms with Crippen molar-refractivity contribution in [3.05, 3.63) is 59.5 Å². The van der Waals surface area contributed by atoms with Crippen LogP contribution in [0.4, 0.5) is 30.8 Å². The van der Waals surface area contributed by atoms with E-state index in [-0.39, 0.29) is 35.8 Å². The fraction of sp³-hybridized carbons (Fsp3) is 0.211. The molecule has 0 unspecified atom stereocenters. The number of alkyl halides is 3. The molecule has 3 aromatic rings. The van der Waals surface area contributed by atoms with Crippen LogP contribution < -0.4 is 15.8 Å². The Morgan fingerprint density at radius 2 is 1.90 bits per heavy atom. The number of nitrogen functional groups attached to an aromatic ring is 1. The molecule has 2 heterocycles. The largest absolute Gasteiger partial charge is 0.468 e. The van der Waals surface area contributed by atoms with Crippen LogP contribution in [0.3, 0.4) is 0 Å². The number of pyridine rings is 1. The molecule has 0 aliphatic carbocycles. The van der Waals surface area contributed by atoms with Gasteiger partial charge >= 0.3 is 12.1 Å². The Labute approximate surface area is 174 Å². The summed E-state index contributed by atoms with van der Waals surface area (Å²) in [6.07, 6.45) is -3.44. The van der Waals surface area contributed by atoms with E-state index in [4.69, 9.17) is 10.5 Å². The minimum atomic E-state index is -4.49. The van der Waals surface area contributed by atoms with Gasteiger partial charge < -0.3 is 20.5 Å². The molecule has 0 saturated carbocycles. The molecule has 0 bridgehead atoms. The molecule has 31 heavy (non-hydrogen) atoms. The van der Waals surface area contributed by atoms with E-state index in [2.05, 4.69) is 30.0 Å². The molecule has 0 atom stereocenters. The van der Waals surface area contributed by atoms with Crippen LogP contribution >= 0.6 is 0 Å². The van der Waals surface area contributed by atoms with Crippen molar-refractivity contribution in [2.75, 3.05) is 17.7 Å². The van der Waals surface area contributed by atoms with Gasteiger partial charge in [-0.2, -0.15) is 28.1 Å². The highest BCUT2D eigenvalue weighted by atomic mass is 19.4. The number of benzene rings is 1. The first-order chi connectivity index (χ1) is 14.7. The van der Waals surface area contributed by atoms with Crippen molar-refractivity contribution < 1.29 is 27.4 Å². The van der Waals surface area contributed by atoms with Crippen molar-refractivity contribution in [2.24, 2.45) is 0 Å². The van der Waals surface area contributed by atoms with Gasteiger partial charge in [0.1, 0.15) is 0 Å². The summed E-state index contributed by atoms with van der Waals surface area (Å²) in [5.41, 5.74) is 7.45. The molecule has 0 aliphatic heterocycles. The average Bonchev–Trinajstić information content (AvgIpc) is 2.72. The number of nitrogens with two attached hydrogens (primary N) is 1. The Bertz CT molecular complexity index is 1060. The van der Waals surface area contributed by atoms with Crippen LogP contribution in [-0.4, -0.2) is 38.7 Å². The van der Waals surface area contributed by atoms with Crippen LogP contribution in [0.5, 0.6) is 5.88 Å². The van der Waals surface area contributed by atoms with Crippen molar-refractivity contribution in [1.29, 1.82) is 0 Å². The van der Waals surface area contributed by atoms with Crippen molar-refractivity contribution >= 4 is 23.6 Å². The molecule has 0 spiro atoms. The van der Waals surface area contributed by atoms with E-state index >= 15 is 0 Å². The predicted molar refractivity (Wildman–Crippen MR) is 104 cm³/mol. The van der Waals surface area contributed by atoms with Gasteiger partial charge in [-0.25, -0.2) is 9.78 Å². The Morgan fingerprint density at radius 1 is 1.13 bits per heavy atom. The summed E-state index contributed by atoms with van der Waals surface area (Å²) in [6.45, 7) is 0.118. The molecule has 0 saturated heterocycles. The van der Waals surface area contributed by atoms with E-state index in [9.17, 15) is 18.0 Å². The van der Waals surface area contributed by atoms with Crippen molar-refractivity contribution in [3.8, 4) is 5.88 Å². The fourth-order valence-electron chi connectivity index (χ4n) is 2.35. The number of hydrogen-bond donors (Lipinski definition) is 2. The summed E-state index contributed by atoms with van der Waals surface area (Å²) in [6, 6.07) is 9.83. The second-order valence-electron chi connectivity index (χ2n) is 6.24. The number of anilines is 3. The molecule has 0 aliphatic rings. The number of aromatic nitrogens is 4. The summed E-state index contributed by atoms with van der Waals surface area (Å²) < 4.78 is 46.1. The number of esters is 1. The summed E-state index contributed by atoms with van der Waals surface area (Å²) in [4.78, 5) is 27.9. The Hall–Kier alpha value is -3.96. The number of aryl methyl sites for hydroxylation is 1. The Kier molecular flexibility index (Phi) is 6.48. The number of rotatable bonds is 7. The lowest BCUT2D eigenvalue weighted by atomic mass is 10.2. The third kappa shape index (κ3) is 6.52. The number of nitrogens with zero attached hydrogens (tertiary/aromatic N) is 4. The zero-order valence-electron chi connectivity index (χ0n) is 16.2. The minimum Gasteiger partial charge on any atom is -0.468 e. The highest BCUT2D eigenvalue weighted by Crippen LogP contribution is 2.19. The Morgan fingerprint density at radius 3 is 2.58 bits per heavy atom. The predicted octanol–water partition coefficient (Wildman–Crippen LogP) is 3.20. The van der Waals surface area contributed by atoms with Crippen LogP contribution in [0, 0.1) is 6.92 Å². The van der Waals surface area contributed by atoms with Gasteiger partial charge in [0, 0.05) is 18.0 Å². The second-order valence-corrected chi connectivity index (χ2v) is 6.24. The van der Waals surface area contributed by atoms with Gasteiger partial charge in [0.25, 0.3) is 0 Å². The van der Waals surface area contributed by atoms with Gasteiger partial charge in [0.2, 0.25) is 17.8 Å². The average molecular weight is 434 g/mol. The molecular formula is C19H17F3N6O3. The molecule has 1 aromatic carbocycles. The third-order valence-electron chi connectivity index (χ3n) is 3.78. The third-order valence-corrected chi connectivity index (χ3v) is 3.78. The van der Waals surface area contributed by atoms with Crippen LogP contribution in [-0.2, 0) is 11.3 Å². The van der Waals surface area contributed by atoms with Crippen LogP contribution in [0.2, 0.25) is 0 Å². The number of carbonyl (C=O) groups is 1. The molecule has 12 heteroatoms. The zero-order chi connectivity index (χ0) is 22.4. The first-order valence-corrected chi connectivity index (χ1v) is 8.85. The number of para-hydroxylation sites is 1. The molecule has 162 valence electrons. The fourth-order valence-corrected chi connectivity index (χ4v) is 2.35.